The number of halogens is 1. The molecule has 0 spiro atoms. The van der Waals surface area contributed by atoms with E-state index in [4.69, 9.17) is 21.7 Å². The molecule has 1 amide bonds. The van der Waals surface area contributed by atoms with Crippen molar-refractivity contribution in [2.24, 2.45) is 0 Å². The Morgan fingerprint density at radius 3 is 2.64 bits per heavy atom. The van der Waals surface area contributed by atoms with Crippen molar-refractivity contribution < 1.29 is 9.59 Å². The number of amides is 1. The molecule has 0 saturated heterocycles. The van der Waals surface area contributed by atoms with Crippen LogP contribution in [0.4, 0.5) is 0 Å². The van der Waals surface area contributed by atoms with Crippen LogP contribution in [-0.4, -0.2) is 50.4 Å². The number of nitrogens with zero attached hydrogens (tertiary/aromatic N) is 5. The van der Waals surface area contributed by atoms with Gasteiger partial charge in [0.1, 0.15) is 10.8 Å². The van der Waals surface area contributed by atoms with Crippen LogP contribution in [0.1, 0.15) is 45.7 Å². The van der Waals surface area contributed by atoms with Gasteiger partial charge in [-0.2, -0.15) is 5.10 Å². The van der Waals surface area contributed by atoms with Gasteiger partial charge in [-0.1, -0.05) is 11.6 Å². The van der Waals surface area contributed by atoms with E-state index in [0.29, 0.717) is 22.7 Å². The van der Waals surface area contributed by atoms with Gasteiger partial charge in [0, 0.05) is 42.7 Å². The fourth-order valence-corrected chi connectivity index (χ4v) is 5.98. The molecule has 0 saturated carbocycles. The molecule has 0 radical (unpaired) electrons. The Hall–Kier alpha value is -3.36. The summed E-state index contributed by atoms with van der Waals surface area (Å²) in [6, 6.07) is 9.32. The SMILES string of the molecule is CC(=O)Cc1nc2c(s1)-c1c(c(-c3ccc(C)nc3)nn1-c1ccc(C(=O)N(C)C)cc1Cl)CCC2. The van der Waals surface area contributed by atoms with Crippen LogP contribution in [0.5, 0.6) is 0 Å². The molecule has 1 aliphatic carbocycles. The molecule has 0 bridgehead atoms. The van der Waals surface area contributed by atoms with Crippen LogP contribution >= 0.6 is 22.9 Å². The summed E-state index contributed by atoms with van der Waals surface area (Å²) in [5.41, 5.74) is 6.97. The number of fused-ring (bicyclic) bond motifs is 3. The lowest BCUT2D eigenvalue weighted by Gasteiger charge is -2.13. The Balaban J connectivity index is 1.74. The minimum atomic E-state index is -0.118. The van der Waals surface area contributed by atoms with E-state index in [1.807, 2.05) is 36.0 Å². The van der Waals surface area contributed by atoms with Crippen LogP contribution in [0.2, 0.25) is 5.02 Å². The van der Waals surface area contributed by atoms with Gasteiger partial charge >= 0.3 is 0 Å². The smallest absolute Gasteiger partial charge is 0.253 e. The molecule has 0 unspecified atom stereocenters. The van der Waals surface area contributed by atoms with Crippen molar-refractivity contribution in [2.45, 2.75) is 39.5 Å². The number of thiazole rings is 1. The lowest BCUT2D eigenvalue weighted by Crippen LogP contribution is -2.21. The maximum Gasteiger partial charge on any atom is 0.253 e. The number of hydrogen-bond donors (Lipinski definition) is 0. The van der Waals surface area contributed by atoms with Crippen molar-refractivity contribution in [1.82, 2.24) is 24.6 Å². The highest BCUT2D eigenvalue weighted by atomic mass is 35.5. The molecular formula is C27H26ClN5O2S. The van der Waals surface area contributed by atoms with Crippen molar-refractivity contribution in [1.29, 1.82) is 0 Å². The number of benzene rings is 1. The Kier molecular flexibility index (Phi) is 6.49. The highest BCUT2D eigenvalue weighted by Gasteiger charge is 2.29. The molecule has 9 heteroatoms. The van der Waals surface area contributed by atoms with Gasteiger partial charge in [-0.3, -0.25) is 14.6 Å². The van der Waals surface area contributed by atoms with Crippen LogP contribution in [0.25, 0.3) is 27.5 Å². The summed E-state index contributed by atoms with van der Waals surface area (Å²) in [7, 11) is 3.42. The van der Waals surface area contributed by atoms with E-state index in [1.54, 1.807) is 44.5 Å². The number of carbonyl (C=O) groups is 2. The van der Waals surface area contributed by atoms with Gasteiger partial charge in [-0.05, 0) is 63.4 Å². The lowest BCUT2D eigenvalue weighted by molar-refractivity contribution is -0.116. The minimum absolute atomic E-state index is 0.0863. The number of Topliss-reactive ketones (excluding diaryl/α,β-unsaturated/α-hetero) is 1. The fraction of sp³-hybridized carbons (Fsp3) is 0.296. The summed E-state index contributed by atoms with van der Waals surface area (Å²) >= 11 is 8.32. The summed E-state index contributed by atoms with van der Waals surface area (Å²) in [6.07, 6.45) is 4.75. The zero-order chi connectivity index (χ0) is 25.6. The lowest BCUT2D eigenvalue weighted by atomic mass is 10.0. The molecule has 0 atom stereocenters. The van der Waals surface area contributed by atoms with Gasteiger partial charge in [0.05, 0.1) is 39.1 Å². The first-order valence-corrected chi connectivity index (χ1v) is 13.0. The maximum absolute atomic E-state index is 12.5. The van der Waals surface area contributed by atoms with Gasteiger partial charge in [0.15, 0.2) is 0 Å². The van der Waals surface area contributed by atoms with E-state index in [1.165, 1.54) is 4.90 Å². The van der Waals surface area contributed by atoms with Crippen molar-refractivity contribution >= 4 is 34.6 Å². The molecule has 3 heterocycles. The Labute approximate surface area is 218 Å². The molecule has 5 rings (SSSR count). The number of carbonyl (C=O) groups excluding carboxylic acids is 2. The Bertz CT molecular complexity index is 1490. The third kappa shape index (κ3) is 4.47. The summed E-state index contributed by atoms with van der Waals surface area (Å²) in [5, 5.41) is 6.29. The first-order chi connectivity index (χ1) is 17.2. The first kappa shape index (κ1) is 24.3. The Morgan fingerprint density at radius 2 is 1.97 bits per heavy atom. The predicted octanol–water partition coefficient (Wildman–Crippen LogP) is 5.34. The number of rotatable bonds is 5. The standard InChI is InChI=1S/C27H26ClN5O2S/c1-15-8-9-18(14-29-15)24-19-6-5-7-21-26(36-23(30-21)12-16(2)34)25(19)33(31-24)22-11-10-17(13-20(22)28)27(35)32(3)4/h8-11,13-14H,5-7,12H2,1-4H3. The minimum Gasteiger partial charge on any atom is -0.345 e. The third-order valence-corrected chi connectivity index (χ3v) is 7.60. The van der Waals surface area contributed by atoms with Crippen LogP contribution in [0.3, 0.4) is 0 Å². The number of aromatic nitrogens is 4. The van der Waals surface area contributed by atoms with E-state index in [-0.39, 0.29) is 11.7 Å². The van der Waals surface area contributed by atoms with Gasteiger partial charge in [0.2, 0.25) is 0 Å². The van der Waals surface area contributed by atoms with Crippen molar-refractivity contribution in [2.75, 3.05) is 14.1 Å². The number of pyridine rings is 1. The van der Waals surface area contributed by atoms with Gasteiger partial charge < -0.3 is 4.90 Å². The van der Waals surface area contributed by atoms with E-state index >= 15 is 0 Å². The van der Waals surface area contributed by atoms with Crippen LogP contribution in [0.15, 0.2) is 36.5 Å². The first-order valence-electron chi connectivity index (χ1n) is 11.8. The second-order valence-corrected chi connectivity index (χ2v) is 10.7. The van der Waals surface area contributed by atoms with E-state index in [0.717, 1.165) is 63.0 Å². The Morgan fingerprint density at radius 1 is 1.17 bits per heavy atom. The average molecular weight is 520 g/mol. The molecule has 184 valence electrons. The molecule has 36 heavy (non-hydrogen) atoms. The zero-order valence-corrected chi connectivity index (χ0v) is 22.2. The highest BCUT2D eigenvalue weighted by molar-refractivity contribution is 7.15. The summed E-state index contributed by atoms with van der Waals surface area (Å²) in [4.78, 5) is 36.2. The van der Waals surface area contributed by atoms with Gasteiger partial charge in [-0.15, -0.1) is 11.3 Å². The van der Waals surface area contributed by atoms with E-state index in [9.17, 15) is 9.59 Å². The molecule has 0 fully saturated rings. The highest BCUT2D eigenvalue weighted by Crippen LogP contribution is 2.43. The zero-order valence-electron chi connectivity index (χ0n) is 20.6. The van der Waals surface area contributed by atoms with Crippen LogP contribution < -0.4 is 0 Å². The molecule has 4 aromatic rings. The summed E-state index contributed by atoms with van der Waals surface area (Å²) in [6.45, 7) is 3.54. The van der Waals surface area contributed by atoms with Gasteiger partial charge in [0.25, 0.3) is 5.91 Å². The molecule has 1 aromatic carbocycles. The quantitative estimate of drug-likeness (QED) is 0.355. The topological polar surface area (TPSA) is 81.0 Å². The van der Waals surface area contributed by atoms with Crippen LogP contribution in [0, 0.1) is 6.92 Å². The normalized spacial score (nSPS) is 12.6. The summed E-state index contributed by atoms with van der Waals surface area (Å²) in [5.74, 6) is -0.0315. The second kappa shape index (κ2) is 9.59. The van der Waals surface area contributed by atoms with Crippen molar-refractivity contribution in [3.05, 3.63) is 69.1 Å². The van der Waals surface area contributed by atoms with E-state index in [2.05, 4.69) is 4.98 Å². The number of aryl methyl sites for hydroxylation is 2. The molecular weight excluding hydrogens is 494 g/mol. The predicted molar refractivity (Wildman–Crippen MR) is 142 cm³/mol. The second-order valence-electron chi connectivity index (χ2n) is 9.26. The molecule has 1 aliphatic rings. The molecule has 7 nitrogen and oxygen atoms in total. The van der Waals surface area contributed by atoms with E-state index < -0.39 is 0 Å². The summed E-state index contributed by atoms with van der Waals surface area (Å²) < 4.78 is 1.87. The van der Waals surface area contributed by atoms with Crippen LogP contribution in [-0.2, 0) is 24.1 Å². The van der Waals surface area contributed by atoms with Gasteiger partial charge in [-0.25, -0.2) is 9.67 Å². The molecule has 3 aromatic heterocycles. The number of ketones is 1. The molecule has 0 N–H and O–H groups in total. The average Bonchev–Trinajstić information content (AvgIpc) is 3.34. The maximum atomic E-state index is 12.5. The van der Waals surface area contributed by atoms with Crippen molar-refractivity contribution in [3.63, 3.8) is 0 Å². The third-order valence-electron chi connectivity index (χ3n) is 6.19. The monoisotopic (exact) mass is 519 g/mol. The molecule has 0 aliphatic heterocycles. The van der Waals surface area contributed by atoms with Crippen molar-refractivity contribution in [3.8, 4) is 27.5 Å². The largest absolute Gasteiger partial charge is 0.345 e. The fourth-order valence-electron chi connectivity index (χ4n) is 4.48. The number of hydrogen-bond acceptors (Lipinski definition) is 6.